The molecule has 0 aliphatic heterocycles. The van der Waals surface area contributed by atoms with Crippen LogP contribution in [-0.4, -0.2) is 4.98 Å². The van der Waals surface area contributed by atoms with Crippen LogP contribution in [0.25, 0.3) is 0 Å². The molecule has 0 aromatic carbocycles. The van der Waals surface area contributed by atoms with E-state index in [-0.39, 0.29) is 10.0 Å². The van der Waals surface area contributed by atoms with Gasteiger partial charge >= 0.3 is 0 Å². The number of nitrogens with zero attached hydrogens (tertiary/aromatic N) is 1. The second-order valence-electron chi connectivity index (χ2n) is 2.10. The summed E-state index contributed by atoms with van der Waals surface area (Å²) in [5, 5.41) is 0. The minimum Gasteiger partial charge on any atom is -0.254 e. The van der Waals surface area contributed by atoms with Crippen molar-refractivity contribution in [1.29, 1.82) is 0 Å². The van der Waals surface area contributed by atoms with Crippen molar-refractivity contribution in [2.45, 2.75) is 13.1 Å². The van der Waals surface area contributed by atoms with Crippen LogP contribution in [0.15, 0.2) is 16.7 Å². The van der Waals surface area contributed by atoms with E-state index < -0.39 is 18.8 Å². The Morgan fingerprint density at radius 2 is 2.17 bits per heavy atom. The van der Waals surface area contributed by atoms with E-state index in [9.17, 15) is 13.2 Å². The van der Waals surface area contributed by atoms with E-state index in [1.807, 2.05) is 0 Å². The lowest BCUT2D eigenvalue weighted by molar-refractivity contribution is 0.145. The van der Waals surface area contributed by atoms with Gasteiger partial charge in [-0.15, -0.1) is 0 Å². The molecule has 5 heteroatoms. The number of pyridine rings is 1. The van der Waals surface area contributed by atoms with Gasteiger partial charge in [0.05, 0.1) is 4.47 Å². The molecular formula is C7H5BrF3N. The van der Waals surface area contributed by atoms with Crippen LogP contribution in [0.4, 0.5) is 13.2 Å². The van der Waals surface area contributed by atoms with Crippen molar-refractivity contribution in [3.05, 3.63) is 28.0 Å². The first-order valence-electron chi connectivity index (χ1n) is 3.14. The van der Waals surface area contributed by atoms with E-state index in [1.54, 1.807) is 0 Å². The van der Waals surface area contributed by atoms with Crippen LogP contribution in [0.1, 0.15) is 17.7 Å². The number of halogens is 4. The molecular weight excluding hydrogens is 235 g/mol. The number of rotatable bonds is 2. The zero-order valence-corrected chi connectivity index (χ0v) is 7.48. The third-order valence-corrected chi connectivity index (χ3v) is 2.26. The Morgan fingerprint density at radius 1 is 1.50 bits per heavy atom. The van der Waals surface area contributed by atoms with Crippen LogP contribution in [-0.2, 0) is 6.67 Å². The molecule has 66 valence electrons. The molecule has 0 aliphatic rings. The molecule has 0 fully saturated rings. The van der Waals surface area contributed by atoms with Crippen LogP contribution in [0.2, 0.25) is 0 Å². The topological polar surface area (TPSA) is 12.9 Å². The van der Waals surface area contributed by atoms with Crippen LogP contribution >= 0.6 is 15.9 Å². The fourth-order valence-electron chi connectivity index (χ4n) is 0.757. The minimum atomic E-state index is -2.68. The molecule has 0 bridgehead atoms. The molecule has 1 aromatic rings. The highest BCUT2D eigenvalue weighted by Crippen LogP contribution is 2.28. The second-order valence-corrected chi connectivity index (χ2v) is 2.90. The lowest BCUT2D eigenvalue weighted by Gasteiger charge is -2.04. The van der Waals surface area contributed by atoms with Gasteiger partial charge in [0.25, 0.3) is 6.43 Å². The predicted octanol–water partition coefficient (Wildman–Crippen LogP) is 3.25. The Balaban J connectivity index is 3.14. The maximum absolute atomic E-state index is 12.1. The molecule has 1 aromatic heterocycles. The van der Waals surface area contributed by atoms with Crippen molar-refractivity contribution in [1.82, 2.24) is 4.98 Å². The lowest BCUT2D eigenvalue weighted by Crippen LogP contribution is -1.94. The zero-order chi connectivity index (χ0) is 9.14. The van der Waals surface area contributed by atoms with Crippen LogP contribution in [0.3, 0.4) is 0 Å². The van der Waals surface area contributed by atoms with E-state index in [4.69, 9.17) is 0 Å². The number of alkyl halides is 3. The molecule has 1 nitrogen and oxygen atoms in total. The molecule has 0 amide bonds. The molecule has 0 unspecified atom stereocenters. The summed E-state index contributed by atoms with van der Waals surface area (Å²) < 4.78 is 36.4. The van der Waals surface area contributed by atoms with Gasteiger partial charge in [0.2, 0.25) is 0 Å². The van der Waals surface area contributed by atoms with Gasteiger partial charge in [-0.25, -0.2) is 13.2 Å². The summed E-state index contributed by atoms with van der Waals surface area (Å²) in [6, 6.07) is 1.36. The van der Waals surface area contributed by atoms with Gasteiger partial charge in [-0.3, -0.25) is 4.98 Å². The highest BCUT2D eigenvalue weighted by Gasteiger charge is 2.15. The standard InChI is InChI=1S/C7H5BrF3N/c8-5-4(3-9)1-2-12-6(5)7(10)11/h1-2,7H,3H2. The lowest BCUT2D eigenvalue weighted by atomic mass is 10.2. The molecule has 1 rings (SSSR count). The minimum absolute atomic E-state index is 0.0579. The van der Waals surface area contributed by atoms with E-state index in [0.29, 0.717) is 0 Å². The van der Waals surface area contributed by atoms with E-state index in [0.717, 1.165) is 0 Å². The first-order valence-corrected chi connectivity index (χ1v) is 3.93. The first-order chi connectivity index (χ1) is 5.66. The fraction of sp³-hybridized carbons (Fsp3) is 0.286. The largest absolute Gasteiger partial charge is 0.281 e. The average Bonchev–Trinajstić information content (AvgIpc) is 2.04. The van der Waals surface area contributed by atoms with Crippen molar-refractivity contribution in [3.8, 4) is 0 Å². The third kappa shape index (κ3) is 1.77. The molecule has 0 saturated heterocycles. The summed E-state index contributed by atoms with van der Waals surface area (Å²) in [4.78, 5) is 3.42. The van der Waals surface area contributed by atoms with Gasteiger partial charge in [0.1, 0.15) is 12.4 Å². The molecule has 0 aliphatic carbocycles. The summed E-state index contributed by atoms with van der Waals surface area (Å²) in [7, 11) is 0. The summed E-state index contributed by atoms with van der Waals surface area (Å²) in [5.41, 5.74) is -0.217. The fourth-order valence-corrected chi connectivity index (χ4v) is 1.27. The van der Waals surface area contributed by atoms with Crippen LogP contribution in [0.5, 0.6) is 0 Å². The molecule has 0 N–H and O–H groups in total. The Morgan fingerprint density at radius 3 is 2.67 bits per heavy atom. The average molecular weight is 240 g/mol. The maximum Gasteiger partial charge on any atom is 0.281 e. The summed E-state index contributed by atoms with van der Waals surface area (Å²) >= 11 is 2.86. The molecule has 0 atom stereocenters. The van der Waals surface area contributed by atoms with Crippen molar-refractivity contribution < 1.29 is 13.2 Å². The van der Waals surface area contributed by atoms with Gasteiger partial charge in [0.15, 0.2) is 0 Å². The predicted molar refractivity (Wildman–Crippen MR) is 41.7 cm³/mol. The monoisotopic (exact) mass is 239 g/mol. The van der Waals surface area contributed by atoms with Crippen molar-refractivity contribution in [3.63, 3.8) is 0 Å². The van der Waals surface area contributed by atoms with Gasteiger partial charge in [-0.2, -0.15) is 0 Å². The van der Waals surface area contributed by atoms with E-state index in [2.05, 4.69) is 20.9 Å². The number of aromatic nitrogens is 1. The number of hydrogen-bond donors (Lipinski definition) is 0. The Labute approximate surface area is 75.7 Å². The highest BCUT2D eigenvalue weighted by molar-refractivity contribution is 9.10. The normalized spacial score (nSPS) is 10.8. The van der Waals surface area contributed by atoms with Gasteiger partial charge in [0, 0.05) is 11.8 Å². The van der Waals surface area contributed by atoms with Gasteiger partial charge in [-0.1, -0.05) is 0 Å². The van der Waals surface area contributed by atoms with E-state index >= 15 is 0 Å². The molecule has 0 radical (unpaired) electrons. The van der Waals surface area contributed by atoms with E-state index in [1.165, 1.54) is 12.3 Å². The van der Waals surface area contributed by atoms with Crippen molar-refractivity contribution >= 4 is 15.9 Å². The smallest absolute Gasteiger partial charge is 0.254 e. The van der Waals surface area contributed by atoms with Crippen molar-refractivity contribution in [2.24, 2.45) is 0 Å². The zero-order valence-electron chi connectivity index (χ0n) is 5.90. The SMILES string of the molecule is FCc1ccnc(C(F)F)c1Br. The summed E-state index contributed by atoms with van der Waals surface area (Å²) in [5.74, 6) is 0. The Kier molecular flexibility index (Phi) is 3.08. The maximum atomic E-state index is 12.1. The summed E-state index contributed by atoms with van der Waals surface area (Å²) in [6.45, 7) is -0.775. The Hall–Kier alpha value is -0.580. The molecule has 0 saturated carbocycles. The van der Waals surface area contributed by atoms with Crippen LogP contribution in [0, 0.1) is 0 Å². The first kappa shape index (κ1) is 9.51. The van der Waals surface area contributed by atoms with Gasteiger partial charge in [-0.05, 0) is 22.0 Å². The molecule has 12 heavy (non-hydrogen) atoms. The number of hydrogen-bond acceptors (Lipinski definition) is 1. The van der Waals surface area contributed by atoms with Gasteiger partial charge < -0.3 is 0 Å². The van der Waals surface area contributed by atoms with Crippen LogP contribution < -0.4 is 0 Å². The molecule has 1 heterocycles. The second kappa shape index (κ2) is 3.89. The molecule has 0 spiro atoms. The third-order valence-electron chi connectivity index (χ3n) is 1.35. The quantitative estimate of drug-likeness (QED) is 0.773. The summed E-state index contributed by atoms with van der Waals surface area (Å²) in [6.07, 6.45) is -1.51. The Bertz CT molecular complexity index is 277. The highest BCUT2D eigenvalue weighted by atomic mass is 79.9. The van der Waals surface area contributed by atoms with Crippen molar-refractivity contribution in [2.75, 3.05) is 0 Å².